The van der Waals surface area contributed by atoms with E-state index in [2.05, 4.69) is 43.9 Å². The van der Waals surface area contributed by atoms with Crippen molar-refractivity contribution in [1.29, 1.82) is 0 Å². The summed E-state index contributed by atoms with van der Waals surface area (Å²) in [4.78, 5) is 25.3. The van der Waals surface area contributed by atoms with Crippen LogP contribution < -0.4 is 0 Å². The van der Waals surface area contributed by atoms with E-state index >= 15 is 0 Å². The number of aliphatic hydroxyl groups is 4. The van der Waals surface area contributed by atoms with Gasteiger partial charge in [-0.25, -0.2) is 0 Å². The highest BCUT2D eigenvalue weighted by atomic mass is 16.7. The molecule has 1 aliphatic rings. The van der Waals surface area contributed by atoms with Crippen molar-refractivity contribution in [2.45, 2.75) is 224 Å². The Kier molecular flexibility index (Phi) is 33.7. The van der Waals surface area contributed by atoms with Gasteiger partial charge in [-0.3, -0.25) is 9.59 Å². The fourth-order valence-corrected chi connectivity index (χ4v) is 6.51. The minimum absolute atomic E-state index is 0.210. The lowest BCUT2D eigenvalue weighted by Gasteiger charge is -2.39. The number of carbonyl (C=O) groups excluding carboxylic acids is 2. The first-order chi connectivity index (χ1) is 26.8. The third-order valence-electron chi connectivity index (χ3n) is 10.1. The van der Waals surface area contributed by atoms with Crippen LogP contribution in [0.1, 0.15) is 187 Å². The quantitative estimate of drug-likeness (QED) is 0.0210. The van der Waals surface area contributed by atoms with Crippen molar-refractivity contribution >= 4 is 11.9 Å². The highest BCUT2D eigenvalue weighted by Gasteiger charge is 2.44. The predicted octanol–water partition coefficient (Wildman–Crippen LogP) is 9.10. The van der Waals surface area contributed by atoms with Gasteiger partial charge in [0, 0.05) is 12.8 Å². The van der Waals surface area contributed by atoms with Gasteiger partial charge >= 0.3 is 11.9 Å². The number of hydrogen-bond donors (Lipinski definition) is 4. The second kappa shape index (κ2) is 36.3. The predicted molar refractivity (Wildman–Crippen MR) is 218 cm³/mol. The minimum atomic E-state index is -1.60. The van der Waals surface area contributed by atoms with Crippen molar-refractivity contribution in [3.05, 3.63) is 30.0 Å². The molecule has 0 aromatic carbocycles. The fraction of sp³-hybridized carbons (Fsp3) is 0.844. The molecule has 0 saturated carbocycles. The van der Waals surface area contributed by atoms with Crippen molar-refractivity contribution in [2.24, 2.45) is 0 Å². The summed E-state index contributed by atoms with van der Waals surface area (Å²) in [6.07, 6.45) is 29.6. The topological polar surface area (TPSA) is 152 Å². The van der Waals surface area contributed by atoms with Crippen LogP contribution in [0.4, 0.5) is 0 Å². The third kappa shape index (κ3) is 28.1. The van der Waals surface area contributed by atoms with Gasteiger partial charge < -0.3 is 39.4 Å². The summed E-state index contributed by atoms with van der Waals surface area (Å²) in [5.41, 5.74) is 3.29. The van der Waals surface area contributed by atoms with Gasteiger partial charge in [0.25, 0.3) is 0 Å². The van der Waals surface area contributed by atoms with Gasteiger partial charge in [0.15, 0.2) is 12.4 Å². The summed E-state index contributed by atoms with van der Waals surface area (Å²) in [5.74, 6) is -0.831. The van der Waals surface area contributed by atoms with Gasteiger partial charge in [-0.1, -0.05) is 122 Å². The molecule has 0 spiro atoms. The van der Waals surface area contributed by atoms with Crippen molar-refractivity contribution in [3.8, 4) is 0 Å². The second-order valence-corrected chi connectivity index (χ2v) is 15.2. The summed E-state index contributed by atoms with van der Waals surface area (Å²) in [5, 5.41) is 40.0. The third-order valence-corrected chi connectivity index (χ3v) is 10.1. The van der Waals surface area contributed by atoms with E-state index in [9.17, 15) is 30.0 Å². The molecule has 1 aliphatic heterocycles. The molecule has 0 bridgehead atoms. The first-order valence-electron chi connectivity index (χ1n) is 22.2. The van der Waals surface area contributed by atoms with Crippen LogP contribution in [0.25, 0.3) is 0 Å². The Labute approximate surface area is 334 Å². The maximum atomic E-state index is 12.7. The first-order valence-corrected chi connectivity index (χ1v) is 22.2. The van der Waals surface area contributed by atoms with Crippen LogP contribution in [-0.2, 0) is 28.5 Å². The molecule has 1 saturated heterocycles. The lowest BCUT2D eigenvalue weighted by molar-refractivity contribution is -0.305. The van der Waals surface area contributed by atoms with E-state index in [4.69, 9.17) is 18.9 Å². The average molecular weight is 781 g/mol. The zero-order valence-electron chi connectivity index (χ0n) is 34.7. The Bertz CT molecular complexity index is 1010. The van der Waals surface area contributed by atoms with Crippen molar-refractivity contribution in [2.75, 3.05) is 19.8 Å². The lowest BCUT2D eigenvalue weighted by Crippen LogP contribution is -2.59. The SMILES string of the molecule is CCCCCC/C=C/CCCCCCCCCC(=O)OC[C@@H](CO[C@H]1O[C@@H](CO)[C@@H](O)C(O)C1O)OC(=O)CCCCCCCC=C=CCCCCCCC. The van der Waals surface area contributed by atoms with Gasteiger partial charge in [0.2, 0.25) is 0 Å². The molecule has 10 nitrogen and oxygen atoms in total. The fourth-order valence-electron chi connectivity index (χ4n) is 6.51. The van der Waals surface area contributed by atoms with Crippen LogP contribution in [0.2, 0.25) is 0 Å². The largest absolute Gasteiger partial charge is 0.462 e. The smallest absolute Gasteiger partial charge is 0.306 e. The normalized spacial score (nSPS) is 20.3. The van der Waals surface area contributed by atoms with E-state index in [0.29, 0.717) is 6.42 Å². The zero-order chi connectivity index (χ0) is 40.2. The monoisotopic (exact) mass is 781 g/mol. The molecule has 1 fully saturated rings. The molecule has 4 N–H and O–H groups in total. The van der Waals surface area contributed by atoms with Gasteiger partial charge in [-0.2, -0.15) is 0 Å². The molecule has 55 heavy (non-hydrogen) atoms. The molecule has 0 amide bonds. The van der Waals surface area contributed by atoms with Gasteiger partial charge in [0.1, 0.15) is 31.0 Å². The van der Waals surface area contributed by atoms with E-state index in [0.717, 1.165) is 70.6 Å². The molecule has 0 aliphatic carbocycles. The Balaban J connectivity index is 2.36. The number of ether oxygens (including phenoxy) is 4. The molecule has 0 aromatic rings. The Morgan fingerprint density at radius 1 is 0.600 bits per heavy atom. The van der Waals surface area contributed by atoms with Crippen molar-refractivity contribution < 1.29 is 49.0 Å². The highest BCUT2D eigenvalue weighted by Crippen LogP contribution is 2.22. The molecule has 320 valence electrons. The van der Waals surface area contributed by atoms with E-state index in [1.165, 1.54) is 83.5 Å². The van der Waals surface area contributed by atoms with E-state index in [1.54, 1.807) is 0 Å². The van der Waals surface area contributed by atoms with E-state index in [-0.39, 0.29) is 32.0 Å². The van der Waals surface area contributed by atoms with Crippen LogP contribution in [0.15, 0.2) is 30.0 Å². The molecule has 6 atom stereocenters. The molecule has 0 aromatic heterocycles. The molecular weight excluding hydrogens is 700 g/mol. The number of rotatable bonds is 36. The number of allylic oxidation sites excluding steroid dienone is 3. The lowest BCUT2D eigenvalue weighted by atomic mass is 9.99. The zero-order valence-corrected chi connectivity index (χ0v) is 34.7. The Hall–Kier alpha value is -2.04. The van der Waals surface area contributed by atoms with Crippen molar-refractivity contribution in [1.82, 2.24) is 0 Å². The van der Waals surface area contributed by atoms with Gasteiger partial charge in [-0.05, 0) is 76.4 Å². The molecule has 2 unspecified atom stereocenters. The van der Waals surface area contributed by atoms with Gasteiger partial charge in [0.05, 0.1) is 13.2 Å². The summed E-state index contributed by atoms with van der Waals surface area (Å²) in [7, 11) is 0. The van der Waals surface area contributed by atoms with E-state index in [1.807, 2.05) is 0 Å². The minimum Gasteiger partial charge on any atom is -0.462 e. The van der Waals surface area contributed by atoms with Crippen LogP contribution >= 0.6 is 0 Å². The standard InChI is InChI=1S/C45H80O10/c1-3-5-7-9-11-13-15-17-19-21-23-25-27-29-31-33-40(47)52-36-38(37-53-45-44(51)43(50)42(49)39(35-46)55-45)54-41(48)34-32-30-28-26-24-22-20-18-16-14-12-10-8-6-4-2/h13,15-16,20,38-39,42-46,49-51H,3-12,14,17,19,21-37H2,1-2H3/b15-13+/t18?,38-,39-,42+,43?,44?,45-/m0/s1. The maximum Gasteiger partial charge on any atom is 0.306 e. The summed E-state index contributed by atoms with van der Waals surface area (Å²) in [6, 6.07) is 0. The van der Waals surface area contributed by atoms with Gasteiger partial charge in [-0.15, -0.1) is 5.73 Å². The van der Waals surface area contributed by atoms with Crippen LogP contribution in [0.3, 0.4) is 0 Å². The van der Waals surface area contributed by atoms with Crippen LogP contribution in [0.5, 0.6) is 0 Å². The molecule has 10 heteroatoms. The van der Waals surface area contributed by atoms with E-state index < -0.39 is 49.4 Å². The Morgan fingerprint density at radius 3 is 1.62 bits per heavy atom. The Morgan fingerprint density at radius 2 is 1.07 bits per heavy atom. The molecular formula is C45H80O10. The van der Waals surface area contributed by atoms with Crippen LogP contribution in [-0.4, -0.2) is 89.0 Å². The highest BCUT2D eigenvalue weighted by molar-refractivity contribution is 5.70. The summed E-state index contributed by atoms with van der Waals surface area (Å²) < 4.78 is 22.1. The second-order valence-electron chi connectivity index (χ2n) is 15.2. The summed E-state index contributed by atoms with van der Waals surface area (Å²) in [6.45, 7) is 3.37. The number of carbonyl (C=O) groups is 2. The van der Waals surface area contributed by atoms with Crippen molar-refractivity contribution in [3.63, 3.8) is 0 Å². The number of esters is 2. The molecule has 1 heterocycles. The molecule has 1 rings (SSSR count). The maximum absolute atomic E-state index is 12.7. The first kappa shape index (κ1) is 51.0. The van der Waals surface area contributed by atoms with Crippen LogP contribution in [0, 0.1) is 0 Å². The molecule has 0 radical (unpaired) electrons. The summed E-state index contributed by atoms with van der Waals surface area (Å²) >= 11 is 0. The average Bonchev–Trinajstić information content (AvgIpc) is 3.18. The number of hydrogen-bond acceptors (Lipinski definition) is 10. The number of unbranched alkanes of at least 4 members (excludes halogenated alkanes) is 21. The number of aliphatic hydroxyl groups excluding tert-OH is 4.